The number of nitrogens with zero attached hydrogens (tertiary/aromatic N) is 1. The number of anilines is 2. The van der Waals surface area contributed by atoms with E-state index in [1.54, 1.807) is 31.2 Å². The van der Waals surface area contributed by atoms with Crippen LogP contribution >= 0.6 is 15.9 Å². The fraction of sp³-hybridized carbons (Fsp3) is 0.136. The van der Waals surface area contributed by atoms with Crippen LogP contribution in [0.3, 0.4) is 0 Å². The number of carbonyl (C=O) groups is 1. The van der Waals surface area contributed by atoms with Gasteiger partial charge >= 0.3 is 6.18 Å². The number of amides is 1. The van der Waals surface area contributed by atoms with E-state index >= 15 is 0 Å². The van der Waals surface area contributed by atoms with Crippen LogP contribution in [0.5, 0.6) is 0 Å². The summed E-state index contributed by atoms with van der Waals surface area (Å²) in [6.45, 7) is 1.08. The molecule has 168 valence electrons. The van der Waals surface area contributed by atoms with E-state index in [1.165, 1.54) is 36.4 Å². The number of para-hydroxylation sites is 1. The van der Waals surface area contributed by atoms with Crippen LogP contribution in [0.4, 0.5) is 24.5 Å². The molecule has 1 N–H and O–H groups in total. The second-order valence-electron chi connectivity index (χ2n) is 6.90. The Morgan fingerprint density at radius 3 is 2.28 bits per heavy atom. The number of halogens is 4. The minimum atomic E-state index is -4.68. The summed E-state index contributed by atoms with van der Waals surface area (Å²) in [4.78, 5) is 12.6. The molecule has 0 unspecified atom stereocenters. The van der Waals surface area contributed by atoms with Crippen LogP contribution in [0, 0.1) is 6.92 Å². The Balaban J connectivity index is 1.97. The van der Waals surface area contributed by atoms with Crippen molar-refractivity contribution in [2.75, 3.05) is 16.2 Å². The maximum atomic E-state index is 13.3. The standard InChI is InChI=1S/C22H18BrF3N2O3S/c1-15-9-11-18(12-10-15)32(30,31)28(17-6-4-5-16(23)13-17)14-21(29)27-20-8-3-2-7-19(20)22(24,25)26/h2-13H,14H2,1H3,(H,27,29). The summed E-state index contributed by atoms with van der Waals surface area (Å²) in [5.41, 5.74) is -0.450. The lowest BCUT2D eigenvalue weighted by Crippen LogP contribution is -2.38. The monoisotopic (exact) mass is 526 g/mol. The molecule has 3 aromatic rings. The highest BCUT2D eigenvalue weighted by Crippen LogP contribution is 2.34. The fourth-order valence-corrected chi connectivity index (χ4v) is 4.74. The molecule has 1 amide bonds. The van der Waals surface area contributed by atoms with Gasteiger partial charge in [0.05, 0.1) is 21.8 Å². The lowest BCUT2D eigenvalue weighted by molar-refractivity contribution is -0.137. The highest BCUT2D eigenvalue weighted by atomic mass is 79.9. The summed E-state index contributed by atoms with van der Waals surface area (Å²) in [5, 5.41) is 2.19. The molecule has 0 radical (unpaired) electrons. The van der Waals surface area contributed by atoms with Crippen molar-refractivity contribution in [3.63, 3.8) is 0 Å². The molecule has 0 atom stereocenters. The molecule has 0 aromatic heterocycles. The molecule has 10 heteroatoms. The zero-order valence-corrected chi connectivity index (χ0v) is 19.1. The van der Waals surface area contributed by atoms with Gasteiger partial charge in [0.25, 0.3) is 10.0 Å². The van der Waals surface area contributed by atoms with Crippen LogP contribution < -0.4 is 9.62 Å². The third-order valence-electron chi connectivity index (χ3n) is 4.50. The number of hydrogen-bond acceptors (Lipinski definition) is 3. The van der Waals surface area contributed by atoms with Gasteiger partial charge in [-0.05, 0) is 49.4 Å². The third kappa shape index (κ3) is 5.49. The Bertz CT molecular complexity index is 1230. The molecule has 0 saturated carbocycles. The second kappa shape index (κ2) is 9.33. The predicted octanol–water partition coefficient (Wildman–Crippen LogP) is 5.61. The first-order chi connectivity index (χ1) is 15.0. The zero-order valence-electron chi connectivity index (χ0n) is 16.7. The van der Waals surface area contributed by atoms with Gasteiger partial charge in [-0.15, -0.1) is 0 Å². The number of benzene rings is 3. The smallest absolute Gasteiger partial charge is 0.324 e. The van der Waals surface area contributed by atoms with Crippen molar-refractivity contribution in [3.8, 4) is 0 Å². The van der Waals surface area contributed by atoms with E-state index in [9.17, 15) is 26.4 Å². The van der Waals surface area contributed by atoms with Gasteiger partial charge in [0.1, 0.15) is 6.54 Å². The maximum absolute atomic E-state index is 13.3. The van der Waals surface area contributed by atoms with E-state index in [2.05, 4.69) is 21.2 Å². The third-order valence-corrected chi connectivity index (χ3v) is 6.78. The molecule has 0 bridgehead atoms. The van der Waals surface area contributed by atoms with Crippen molar-refractivity contribution in [2.45, 2.75) is 18.0 Å². The van der Waals surface area contributed by atoms with E-state index in [0.29, 0.717) is 4.47 Å². The largest absolute Gasteiger partial charge is 0.418 e. The molecule has 0 spiro atoms. The number of carbonyl (C=O) groups excluding carboxylic acids is 1. The van der Waals surface area contributed by atoms with Gasteiger partial charge in [-0.1, -0.05) is 51.8 Å². The fourth-order valence-electron chi connectivity index (χ4n) is 2.94. The molecular weight excluding hydrogens is 509 g/mol. The Kier molecular flexibility index (Phi) is 6.94. The first-order valence-electron chi connectivity index (χ1n) is 9.29. The zero-order chi connectivity index (χ0) is 23.5. The van der Waals surface area contributed by atoms with Gasteiger partial charge in [0.2, 0.25) is 5.91 Å². The van der Waals surface area contributed by atoms with Crippen molar-refractivity contribution >= 4 is 43.2 Å². The Morgan fingerprint density at radius 1 is 1.00 bits per heavy atom. The number of alkyl halides is 3. The molecule has 3 rings (SSSR count). The second-order valence-corrected chi connectivity index (χ2v) is 9.67. The van der Waals surface area contributed by atoms with Crippen LogP contribution in [0.1, 0.15) is 11.1 Å². The minimum Gasteiger partial charge on any atom is -0.324 e. The average molecular weight is 527 g/mol. The van der Waals surface area contributed by atoms with E-state index in [-0.39, 0.29) is 10.6 Å². The molecule has 0 aliphatic heterocycles. The SMILES string of the molecule is Cc1ccc(S(=O)(=O)N(CC(=O)Nc2ccccc2C(F)(F)F)c2cccc(Br)c2)cc1. The molecule has 3 aromatic carbocycles. The van der Waals surface area contributed by atoms with E-state index in [1.807, 2.05) is 0 Å². The molecule has 0 fully saturated rings. The predicted molar refractivity (Wildman–Crippen MR) is 120 cm³/mol. The number of sulfonamides is 1. The molecule has 32 heavy (non-hydrogen) atoms. The first-order valence-corrected chi connectivity index (χ1v) is 11.5. The average Bonchev–Trinajstić information content (AvgIpc) is 2.72. The van der Waals surface area contributed by atoms with Gasteiger partial charge in [-0.2, -0.15) is 13.2 Å². The molecule has 5 nitrogen and oxygen atoms in total. The summed E-state index contributed by atoms with van der Waals surface area (Å²) in [7, 11) is -4.18. The highest BCUT2D eigenvalue weighted by molar-refractivity contribution is 9.10. The van der Waals surface area contributed by atoms with E-state index < -0.39 is 39.9 Å². The van der Waals surface area contributed by atoms with Gasteiger partial charge in [-0.25, -0.2) is 8.42 Å². The molecule has 0 aliphatic rings. The minimum absolute atomic E-state index is 0.0495. The molecule has 0 heterocycles. The Hall–Kier alpha value is -2.85. The van der Waals surface area contributed by atoms with Crippen molar-refractivity contribution < 1.29 is 26.4 Å². The van der Waals surface area contributed by atoms with E-state index in [4.69, 9.17) is 0 Å². The normalized spacial score (nSPS) is 11.8. The topological polar surface area (TPSA) is 66.5 Å². The van der Waals surface area contributed by atoms with Gasteiger partial charge in [-0.3, -0.25) is 9.10 Å². The number of nitrogens with one attached hydrogen (secondary N) is 1. The van der Waals surface area contributed by atoms with Crippen molar-refractivity contribution in [1.82, 2.24) is 0 Å². The summed E-state index contributed by atoms with van der Waals surface area (Å²) in [6, 6.07) is 16.8. The Labute approximate surface area is 192 Å². The van der Waals surface area contributed by atoms with Crippen LogP contribution in [-0.2, 0) is 21.0 Å². The summed E-state index contributed by atoms with van der Waals surface area (Å²) < 4.78 is 67.8. The van der Waals surface area contributed by atoms with Gasteiger partial charge in [0.15, 0.2) is 0 Å². The first kappa shape index (κ1) is 23.8. The summed E-state index contributed by atoms with van der Waals surface area (Å²) in [6.07, 6.45) is -4.68. The highest BCUT2D eigenvalue weighted by Gasteiger charge is 2.34. The number of hydrogen-bond donors (Lipinski definition) is 1. The van der Waals surface area contributed by atoms with Gasteiger partial charge < -0.3 is 5.32 Å². The van der Waals surface area contributed by atoms with Crippen LogP contribution in [0.2, 0.25) is 0 Å². The summed E-state index contributed by atoms with van der Waals surface area (Å²) in [5.74, 6) is -0.919. The lowest BCUT2D eigenvalue weighted by atomic mass is 10.1. The maximum Gasteiger partial charge on any atom is 0.418 e. The van der Waals surface area contributed by atoms with E-state index in [0.717, 1.165) is 22.0 Å². The van der Waals surface area contributed by atoms with Crippen LogP contribution in [0.15, 0.2) is 82.2 Å². The molecule has 0 aliphatic carbocycles. The lowest BCUT2D eigenvalue weighted by Gasteiger charge is -2.24. The van der Waals surface area contributed by atoms with Crippen molar-refractivity contribution in [2.24, 2.45) is 0 Å². The molecular formula is C22H18BrF3N2O3S. The number of aryl methyl sites for hydroxylation is 1. The quantitative estimate of drug-likeness (QED) is 0.453. The van der Waals surface area contributed by atoms with Crippen LogP contribution in [0.25, 0.3) is 0 Å². The summed E-state index contributed by atoms with van der Waals surface area (Å²) >= 11 is 3.27. The van der Waals surface area contributed by atoms with Crippen molar-refractivity contribution in [3.05, 3.63) is 88.4 Å². The van der Waals surface area contributed by atoms with Crippen molar-refractivity contribution in [1.29, 1.82) is 0 Å². The number of rotatable bonds is 6. The Morgan fingerprint density at radius 2 is 1.66 bits per heavy atom. The van der Waals surface area contributed by atoms with Crippen LogP contribution in [-0.4, -0.2) is 20.9 Å². The molecule has 0 saturated heterocycles. The van der Waals surface area contributed by atoms with Gasteiger partial charge in [0, 0.05) is 4.47 Å².